The highest BCUT2D eigenvalue weighted by Gasteiger charge is 2.22. The van der Waals surface area contributed by atoms with Gasteiger partial charge in [0.2, 0.25) is 5.43 Å². The SMILES string of the molecule is O=CC1CCN(c2ccc3c(=O)c4cccc(Cl)c4oc3c2)C1. The van der Waals surface area contributed by atoms with Crippen molar-refractivity contribution in [3.05, 3.63) is 51.6 Å². The molecule has 3 aromatic rings. The summed E-state index contributed by atoms with van der Waals surface area (Å²) in [7, 11) is 0. The van der Waals surface area contributed by atoms with Crippen molar-refractivity contribution in [3.63, 3.8) is 0 Å². The highest BCUT2D eigenvalue weighted by molar-refractivity contribution is 6.34. The number of aldehydes is 1. The van der Waals surface area contributed by atoms with Gasteiger partial charge in [0.25, 0.3) is 0 Å². The molecule has 2 aromatic carbocycles. The van der Waals surface area contributed by atoms with Gasteiger partial charge >= 0.3 is 0 Å². The predicted molar refractivity (Wildman–Crippen MR) is 91.4 cm³/mol. The molecule has 0 amide bonds. The van der Waals surface area contributed by atoms with Crippen LogP contribution in [0.2, 0.25) is 5.02 Å². The van der Waals surface area contributed by atoms with Gasteiger partial charge in [-0.25, -0.2) is 0 Å². The molecule has 4 rings (SSSR count). The molecule has 0 aliphatic carbocycles. The minimum absolute atomic E-state index is 0.0729. The van der Waals surface area contributed by atoms with E-state index in [0.717, 1.165) is 24.9 Å². The first-order chi connectivity index (χ1) is 11.2. The van der Waals surface area contributed by atoms with E-state index < -0.39 is 0 Å². The Morgan fingerprint density at radius 1 is 1.22 bits per heavy atom. The van der Waals surface area contributed by atoms with E-state index in [0.29, 0.717) is 33.5 Å². The van der Waals surface area contributed by atoms with Gasteiger partial charge in [-0.2, -0.15) is 0 Å². The van der Waals surface area contributed by atoms with Crippen molar-refractivity contribution in [2.75, 3.05) is 18.0 Å². The van der Waals surface area contributed by atoms with Crippen molar-refractivity contribution < 1.29 is 9.21 Å². The average Bonchev–Trinajstić information content (AvgIpc) is 3.05. The number of fused-ring (bicyclic) bond motifs is 2. The second-order valence-electron chi connectivity index (χ2n) is 5.86. The van der Waals surface area contributed by atoms with E-state index in [1.54, 1.807) is 24.3 Å². The molecule has 0 radical (unpaired) electrons. The van der Waals surface area contributed by atoms with E-state index in [-0.39, 0.29) is 11.3 Å². The highest BCUT2D eigenvalue weighted by atomic mass is 35.5. The Hall–Kier alpha value is -2.33. The number of hydrogen-bond donors (Lipinski definition) is 0. The summed E-state index contributed by atoms with van der Waals surface area (Å²) in [5, 5.41) is 1.45. The van der Waals surface area contributed by atoms with Crippen LogP contribution in [0.3, 0.4) is 0 Å². The zero-order valence-electron chi connectivity index (χ0n) is 12.3. The molecule has 0 spiro atoms. The summed E-state index contributed by atoms with van der Waals surface area (Å²) in [5.41, 5.74) is 1.80. The second kappa shape index (κ2) is 5.39. The van der Waals surface area contributed by atoms with Gasteiger partial charge in [-0.05, 0) is 30.7 Å². The molecule has 1 aromatic heterocycles. The maximum absolute atomic E-state index is 12.6. The van der Waals surface area contributed by atoms with Crippen LogP contribution in [0.5, 0.6) is 0 Å². The molecule has 23 heavy (non-hydrogen) atoms. The van der Waals surface area contributed by atoms with E-state index in [1.807, 2.05) is 12.1 Å². The largest absolute Gasteiger partial charge is 0.454 e. The lowest BCUT2D eigenvalue weighted by Gasteiger charge is -2.18. The smallest absolute Gasteiger partial charge is 0.200 e. The first kappa shape index (κ1) is 14.3. The third-order valence-electron chi connectivity index (χ3n) is 4.42. The van der Waals surface area contributed by atoms with Crippen LogP contribution in [0.1, 0.15) is 6.42 Å². The highest BCUT2D eigenvalue weighted by Crippen LogP contribution is 2.29. The first-order valence-corrected chi connectivity index (χ1v) is 7.90. The lowest BCUT2D eigenvalue weighted by atomic mass is 10.1. The van der Waals surface area contributed by atoms with Gasteiger partial charge in [0, 0.05) is 30.8 Å². The minimum atomic E-state index is -0.0810. The zero-order valence-corrected chi connectivity index (χ0v) is 13.0. The summed E-state index contributed by atoms with van der Waals surface area (Å²) >= 11 is 6.15. The van der Waals surface area contributed by atoms with E-state index in [2.05, 4.69) is 4.90 Å². The number of carbonyl (C=O) groups is 1. The first-order valence-electron chi connectivity index (χ1n) is 7.52. The number of para-hydroxylation sites is 1. The van der Waals surface area contributed by atoms with Crippen LogP contribution in [0.15, 0.2) is 45.6 Å². The van der Waals surface area contributed by atoms with E-state index in [4.69, 9.17) is 16.0 Å². The molecule has 4 nitrogen and oxygen atoms in total. The summed E-state index contributed by atoms with van der Waals surface area (Å²) in [4.78, 5) is 25.7. The number of anilines is 1. The van der Waals surface area contributed by atoms with Gasteiger partial charge in [-0.1, -0.05) is 17.7 Å². The summed E-state index contributed by atoms with van der Waals surface area (Å²) in [6.45, 7) is 1.53. The molecule has 0 N–H and O–H groups in total. The Morgan fingerprint density at radius 2 is 2.09 bits per heavy atom. The van der Waals surface area contributed by atoms with Gasteiger partial charge in [0.05, 0.1) is 15.8 Å². The molecule has 1 saturated heterocycles. The van der Waals surface area contributed by atoms with Crippen LogP contribution in [-0.2, 0) is 4.79 Å². The maximum atomic E-state index is 12.6. The number of nitrogens with zero attached hydrogens (tertiary/aromatic N) is 1. The predicted octanol–water partition coefficient (Wildman–Crippen LogP) is 3.62. The standard InChI is InChI=1S/C18H14ClNO3/c19-15-3-1-2-14-17(22)13-5-4-12(8-16(13)23-18(14)15)20-7-6-11(9-20)10-21/h1-5,8,10-11H,6-7,9H2. The van der Waals surface area contributed by atoms with Gasteiger partial charge in [-0.3, -0.25) is 4.79 Å². The Bertz CT molecular complexity index is 979. The van der Waals surface area contributed by atoms with Crippen molar-refractivity contribution in [2.24, 2.45) is 5.92 Å². The van der Waals surface area contributed by atoms with Crippen LogP contribution in [0.25, 0.3) is 21.9 Å². The van der Waals surface area contributed by atoms with Crippen LogP contribution in [0.4, 0.5) is 5.69 Å². The third-order valence-corrected chi connectivity index (χ3v) is 4.71. The Labute approximate surface area is 137 Å². The van der Waals surface area contributed by atoms with Crippen molar-refractivity contribution in [1.29, 1.82) is 0 Å². The fourth-order valence-electron chi connectivity index (χ4n) is 3.16. The molecule has 2 heterocycles. The molecule has 1 fully saturated rings. The van der Waals surface area contributed by atoms with Gasteiger partial charge < -0.3 is 14.1 Å². The maximum Gasteiger partial charge on any atom is 0.200 e. The molecule has 1 aliphatic rings. The molecule has 1 aliphatic heterocycles. The van der Waals surface area contributed by atoms with E-state index in [1.165, 1.54) is 0 Å². The van der Waals surface area contributed by atoms with Crippen LogP contribution >= 0.6 is 11.6 Å². The van der Waals surface area contributed by atoms with Gasteiger partial charge in [0.1, 0.15) is 11.9 Å². The van der Waals surface area contributed by atoms with Gasteiger partial charge in [-0.15, -0.1) is 0 Å². The normalized spacial score (nSPS) is 18.0. The topological polar surface area (TPSA) is 50.5 Å². The Kier molecular flexibility index (Phi) is 3.34. The minimum Gasteiger partial charge on any atom is -0.454 e. The molecular formula is C18H14ClNO3. The molecule has 116 valence electrons. The van der Waals surface area contributed by atoms with E-state index in [9.17, 15) is 9.59 Å². The van der Waals surface area contributed by atoms with Crippen LogP contribution in [-0.4, -0.2) is 19.4 Å². The van der Waals surface area contributed by atoms with Crippen LogP contribution in [0, 0.1) is 5.92 Å². The fourth-order valence-corrected chi connectivity index (χ4v) is 3.37. The Morgan fingerprint density at radius 3 is 2.87 bits per heavy atom. The number of carbonyl (C=O) groups excluding carboxylic acids is 1. The molecule has 1 unspecified atom stereocenters. The van der Waals surface area contributed by atoms with Crippen molar-refractivity contribution in [2.45, 2.75) is 6.42 Å². The lowest BCUT2D eigenvalue weighted by molar-refractivity contribution is -0.110. The fraction of sp³-hybridized carbons (Fsp3) is 0.222. The third kappa shape index (κ3) is 2.30. The number of hydrogen-bond acceptors (Lipinski definition) is 4. The molecule has 0 bridgehead atoms. The van der Waals surface area contributed by atoms with E-state index >= 15 is 0 Å². The zero-order chi connectivity index (χ0) is 16.0. The number of rotatable bonds is 2. The second-order valence-corrected chi connectivity index (χ2v) is 6.27. The Balaban J connectivity index is 1.89. The summed E-state index contributed by atoms with van der Waals surface area (Å²) in [5.74, 6) is 0.0729. The van der Waals surface area contributed by atoms with Crippen molar-refractivity contribution in [1.82, 2.24) is 0 Å². The monoisotopic (exact) mass is 327 g/mol. The quantitative estimate of drug-likeness (QED) is 0.533. The summed E-state index contributed by atoms with van der Waals surface area (Å²) < 4.78 is 5.88. The lowest BCUT2D eigenvalue weighted by Crippen LogP contribution is -2.19. The number of benzene rings is 2. The summed E-state index contributed by atoms with van der Waals surface area (Å²) in [6, 6.07) is 10.7. The summed E-state index contributed by atoms with van der Waals surface area (Å²) in [6.07, 6.45) is 1.86. The molecule has 1 atom stereocenters. The molecular weight excluding hydrogens is 314 g/mol. The van der Waals surface area contributed by atoms with Crippen molar-refractivity contribution in [3.8, 4) is 0 Å². The molecule has 5 heteroatoms. The van der Waals surface area contributed by atoms with Crippen molar-refractivity contribution >= 4 is 45.5 Å². The average molecular weight is 328 g/mol. The number of halogens is 1. The van der Waals surface area contributed by atoms with Crippen LogP contribution < -0.4 is 10.3 Å². The molecule has 0 saturated carbocycles. The van der Waals surface area contributed by atoms with Gasteiger partial charge in [0.15, 0.2) is 5.58 Å².